The summed E-state index contributed by atoms with van der Waals surface area (Å²) < 4.78 is 0. The molecule has 21 heavy (non-hydrogen) atoms. The molecular weight excluding hydrogens is 266 g/mol. The zero-order valence-corrected chi connectivity index (χ0v) is 13.2. The van der Waals surface area contributed by atoms with Gasteiger partial charge in [-0.3, -0.25) is 9.59 Å². The van der Waals surface area contributed by atoms with Crippen molar-refractivity contribution in [2.24, 2.45) is 11.1 Å². The van der Waals surface area contributed by atoms with Gasteiger partial charge in [-0.1, -0.05) is 33.8 Å². The molecular formula is C16H25N3O2. The topological polar surface area (TPSA) is 84.2 Å². The van der Waals surface area contributed by atoms with Gasteiger partial charge in [-0.2, -0.15) is 0 Å². The number of carbonyl (C=O) groups is 2. The van der Waals surface area contributed by atoms with Crippen molar-refractivity contribution >= 4 is 17.5 Å². The summed E-state index contributed by atoms with van der Waals surface area (Å²) in [6.45, 7) is 8.35. The smallest absolute Gasteiger partial charge is 0.251 e. The fourth-order valence-corrected chi connectivity index (χ4v) is 1.69. The molecule has 4 N–H and O–H groups in total. The number of anilines is 1. The number of benzene rings is 1. The van der Waals surface area contributed by atoms with E-state index in [-0.39, 0.29) is 17.2 Å². The highest BCUT2D eigenvalue weighted by Gasteiger charge is 2.27. The Morgan fingerprint density at radius 2 is 1.95 bits per heavy atom. The van der Waals surface area contributed by atoms with Crippen molar-refractivity contribution in [1.82, 2.24) is 5.32 Å². The number of rotatable bonds is 5. The van der Waals surface area contributed by atoms with Crippen LogP contribution in [0.25, 0.3) is 0 Å². The van der Waals surface area contributed by atoms with Gasteiger partial charge < -0.3 is 16.4 Å². The minimum absolute atomic E-state index is 0.145. The summed E-state index contributed by atoms with van der Waals surface area (Å²) in [5.41, 5.74) is 6.69. The van der Waals surface area contributed by atoms with Crippen molar-refractivity contribution in [3.8, 4) is 0 Å². The fourth-order valence-electron chi connectivity index (χ4n) is 1.69. The summed E-state index contributed by atoms with van der Waals surface area (Å²) >= 11 is 0. The summed E-state index contributed by atoms with van der Waals surface area (Å²) in [6.07, 6.45) is 0.878. The van der Waals surface area contributed by atoms with Gasteiger partial charge >= 0.3 is 0 Å². The number of carbonyl (C=O) groups excluding carboxylic acids is 2. The largest absolute Gasteiger partial charge is 0.352 e. The van der Waals surface area contributed by atoms with Crippen LogP contribution in [0.15, 0.2) is 24.3 Å². The molecule has 0 aliphatic carbocycles. The lowest BCUT2D eigenvalue weighted by atomic mass is 9.87. The molecule has 0 aliphatic rings. The first-order chi connectivity index (χ1) is 9.75. The Kier molecular flexibility index (Phi) is 5.90. The molecule has 1 aromatic rings. The highest BCUT2D eigenvalue weighted by molar-refractivity contribution is 5.98. The van der Waals surface area contributed by atoms with Crippen molar-refractivity contribution < 1.29 is 9.59 Å². The van der Waals surface area contributed by atoms with Gasteiger partial charge in [0.2, 0.25) is 5.91 Å². The second kappa shape index (κ2) is 7.22. The van der Waals surface area contributed by atoms with E-state index in [2.05, 4.69) is 10.6 Å². The van der Waals surface area contributed by atoms with Crippen molar-refractivity contribution in [2.45, 2.75) is 40.2 Å². The number of nitrogens with one attached hydrogen (secondary N) is 2. The molecule has 5 nitrogen and oxygen atoms in total. The third-order valence-electron chi connectivity index (χ3n) is 3.14. The first-order valence-electron chi connectivity index (χ1n) is 7.20. The Bertz CT molecular complexity index is 506. The van der Waals surface area contributed by atoms with E-state index in [0.717, 1.165) is 6.42 Å². The molecule has 0 bridgehead atoms. The maximum absolute atomic E-state index is 12.1. The van der Waals surface area contributed by atoms with E-state index in [1.807, 2.05) is 27.7 Å². The van der Waals surface area contributed by atoms with E-state index in [1.54, 1.807) is 24.3 Å². The van der Waals surface area contributed by atoms with Crippen molar-refractivity contribution in [3.05, 3.63) is 29.8 Å². The Morgan fingerprint density at radius 3 is 2.52 bits per heavy atom. The predicted molar refractivity (Wildman–Crippen MR) is 85.1 cm³/mol. The molecule has 0 radical (unpaired) electrons. The van der Waals surface area contributed by atoms with Crippen molar-refractivity contribution in [2.75, 3.05) is 11.9 Å². The maximum atomic E-state index is 12.1. The fraction of sp³-hybridized carbons (Fsp3) is 0.500. The molecule has 1 aromatic carbocycles. The monoisotopic (exact) mass is 291 g/mol. The molecule has 2 amide bonds. The third-order valence-corrected chi connectivity index (χ3v) is 3.14. The van der Waals surface area contributed by atoms with Crippen LogP contribution in [0.2, 0.25) is 0 Å². The first-order valence-corrected chi connectivity index (χ1v) is 7.20. The normalized spacial score (nSPS) is 12.6. The highest BCUT2D eigenvalue weighted by Crippen LogP contribution is 2.19. The molecule has 0 fully saturated rings. The summed E-state index contributed by atoms with van der Waals surface area (Å²) in [5.74, 6) is -0.401. The zero-order valence-electron chi connectivity index (χ0n) is 13.2. The van der Waals surface area contributed by atoms with Gasteiger partial charge in [-0.25, -0.2) is 0 Å². The molecule has 0 spiro atoms. The van der Waals surface area contributed by atoms with Crippen LogP contribution in [0.5, 0.6) is 0 Å². The Balaban J connectivity index is 2.77. The van der Waals surface area contributed by atoms with E-state index < -0.39 is 6.04 Å². The molecule has 0 saturated heterocycles. The van der Waals surface area contributed by atoms with Crippen LogP contribution in [-0.4, -0.2) is 24.4 Å². The van der Waals surface area contributed by atoms with Crippen LogP contribution < -0.4 is 16.4 Å². The second-order valence-corrected chi connectivity index (χ2v) is 6.17. The maximum Gasteiger partial charge on any atom is 0.251 e. The van der Waals surface area contributed by atoms with Crippen molar-refractivity contribution in [3.63, 3.8) is 0 Å². The van der Waals surface area contributed by atoms with E-state index >= 15 is 0 Å². The summed E-state index contributed by atoms with van der Waals surface area (Å²) in [4.78, 5) is 24.0. The van der Waals surface area contributed by atoms with Crippen molar-refractivity contribution in [1.29, 1.82) is 0 Å². The highest BCUT2D eigenvalue weighted by atomic mass is 16.2. The van der Waals surface area contributed by atoms with Gasteiger partial charge in [0.05, 0.1) is 6.04 Å². The molecule has 5 heteroatoms. The van der Waals surface area contributed by atoms with Gasteiger partial charge in [0.15, 0.2) is 0 Å². The van der Waals surface area contributed by atoms with Crippen LogP contribution in [0.3, 0.4) is 0 Å². The van der Waals surface area contributed by atoms with Gasteiger partial charge in [0, 0.05) is 17.8 Å². The quantitative estimate of drug-likeness (QED) is 0.777. The van der Waals surface area contributed by atoms with Crippen LogP contribution in [0.1, 0.15) is 44.5 Å². The number of nitrogens with two attached hydrogens (primary N) is 1. The number of amides is 2. The Hall–Kier alpha value is -1.88. The zero-order chi connectivity index (χ0) is 16.0. The minimum Gasteiger partial charge on any atom is -0.352 e. The first kappa shape index (κ1) is 17.2. The Morgan fingerprint density at radius 1 is 1.29 bits per heavy atom. The molecule has 1 rings (SSSR count). The molecule has 116 valence electrons. The average molecular weight is 291 g/mol. The van der Waals surface area contributed by atoms with Gasteiger partial charge in [0.1, 0.15) is 0 Å². The summed E-state index contributed by atoms with van der Waals surface area (Å²) in [5, 5.41) is 5.56. The Labute approximate surface area is 126 Å². The second-order valence-electron chi connectivity index (χ2n) is 6.17. The molecule has 0 aromatic heterocycles. The summed E-state index contributed by atoms with van der Waals surface area (Å²) in [7, 11) is 0. The van der Waals surface area contributed by atoms with Crippen LogP contribution in [0, 0.1) is 5.41 Å². The molecule has 0 saturated carbocycles. The van der Waals surface area contributed by atoms with Gasteiger partial charge in [0.25, 0.3) is 5.91 Å². The lowest BCUT2D eigenvalue weighted by Crippen LogP contribution is -2.45. The number of hydrogen-bond acceptors (Lipinski definition) is 3. The van der Waals surface area contributed by atoms with Gasteiger partial charge in [-0.15, -0.1) is 0 Å². The van der Waals surface area contributed by atoms with Crippen LogP contribution in [-0.2, 0) is 4.79 Å². The number of hydrogen-bond donors (Lipinski definition) is 3. The van der Waals surface area contributed by atoms with Crippen LogP contribution >= 0.6 is 0 Å². The molecule has 0 heterocycles. The van der Waals surface area contributed by atoms with E-state index in [4.69, 9.17) is 5.73 Å². The summed E-state index contributed by atoms with van der Waals surface area (Å²) in [6, 6.07) is 6.22. The third kappa shape index (κ3) is 5.19. The van der Waals surface area contributed by atoms with Gasteiger partial charge in [-0.05, 0) is 30.0 Å². The standard InChI is InChI=1S/C16H25N3O2/c1-5-9-18-14(20)11-7-6-8-12(10-11)19-15(21)13(17)16(2,3)4/h6-8,10,13H,5,9,17H2,1-4H3,(H,18,20)(H,19,21)/t13-/m1/s1. The SMILES string of the molecule is CCCNC(=O)c1cccc(NC(=O)[C@@H](N)C(C)(C)C)c1. The van der Waals surface area contributed by atoms with Crippen LogP contribution in [0.4, 0.5) is 5.69 Å². The minimum atomic E-state index is -0.616. The lowest BCUT2D eigenvalue weighted by molar-refractivity contribution is -0.119. The predicted octanol–water partition coefficient (Wildman–Crippen LogP) is 2.14. The van der Waals surface area contributed by atoms with E-state index in [1.165, 1.54) is 0 Å². The lowest BCUT2D eigenvalue weighted by Gasteiger charge is -2.25. The molecule has 1 atom stereocenters. The molecule has 0 aliphatic heterocycles. The average Bonchev–Trinajstić information content (AvgIpc) is 2.43. The van der Waals surface area contributed by atoms with E-state index in [9.17, 15) is 9.59 Å². The van der Waals surface area contributed by atoms with E-state index in [0.29, 0.717) is 17.8 Å². The molecule has 0 unspecified atom stereocenters.